The van der Waals surface area contributed by atoms with E-state index in [0.29, 0.717) is 0 Å². The molecule has 0 saturated heterocycles. The zero-order chi connectivity index (χ0) is 11.9. The Morgan fingerprint density at radius 1 is 1.12 bits per heavy atom. The van der Waals surface area contributed by atoms with Crippen LogP contribution in [0.4, 0.5) is 0 Å². The van der Waals surface area contributed by atoms with Crippen LogP contribution in [0.5, 0.6) is 0 Å². The van der Waals surface area contributed by atoms with Gasteiger partial charge >= 0.3 is 0 Å². The van der Waals surface area contributed by atoms with Gasteiger partial charge in [-0.05, 0) is 0 Å². The maximum atomic E-state index is 11.7. The smallest absolute Gasteiger partial charge is 0.181 e. The second kappa shape index (κ2) is 3.50. The zero-order valence-electron chi connectivity index (χ0n) is 8.04. The Labute approximate surface area is 91.8 Å². The first-order valence-electron chi connectivity index (χ1n) is 4.52. The van der Waals surface area contributed by atoms with E-state index in [1.54, 1.807) is 6.07 Å². The number of rotatable bonds is 1. The van der Waals surface area contributed by atoms with Crippen LogP contribution < -0.4 is 0 Å². The van der Waals surface area contributed by atoms with Crippen molar-refractivity contribution in [2.24, 2.45) is 0 Å². The third-order valence-electron chi connectivity index (χ3n) is 2.50. The quantitative estimate of drug-likeness (QED) is 0.660. The molecule has 0 heterocycles. The summed E-state index contributed by atoms with van der Waals surface area (Å²) in [5, 5.41) is -1.77. The molecule has 0 N–H and O–H groups in total. The Bertz CT molecular complexity index is 573. The minimum Gasteiger partial charge on any atom is -0.747 e. The normalized spacial score (nSPS) is 20.7. The predicted molar refractivity (Wildman–Crippen MR) is 53.2 cm³/mol. The standard InChI is InChI=1S/C10H8O5S/c11-8-5-9(16(13,14)15)10(12)7-4-2-1-3-6(7)8/h1-4,9H,5H2,(H,13,14,15)/p-1. The van der Waals surface area contributed by atoms with Crippen molar-refractivity contribution in [2.75, 3.05) is 0 Å². The third-order valence-corrected chi connectivity index (χ3v) is 3.58. The van der Waals surface area contributed by atoms with Gasteiger partial charge in [0, 0.05) is 17.5 Å². The topological polar surface area (TPSA) is 91.3 Å². The number of carbonyl (C=O) groups is 2. The first-order chi connectivity index (χ1) is 7.41. The molecule has 5 nitrogen and oxygen atoms in total. The minimum absolute atomic E-state index is 0.0168. The van der Waals surface area contributed by atoms with Crippen LogP contribution in [0.15, 0.2) is 24.3 Å². The molecule has 6 heteroatoms. The summed E-state index contributed by atoms with van der Waals surface area (Å²) in [4.78, 5) is 23.2. The number of ketones is 2. The first kappa shape index (κ1) is 11.0. The molecular formula is C10H7O5S-. The molecule has 1 unspecified atom stereocenters. The maximum absolute atomic E-state index is 11.7. The van der Waals surface area contributed by atoms with E-state index in [9.17, 15) is 22.6 Å². The van der Waals surface area contributed by atoms with Crippen LogP contribution in [0.3, 0.4) is 0 Å². The van der Waals surface area contributed by atoms with Crippen LogP contribution in [0.1, 0.15) is 27.1 Å². The summed E-state index contributed by atoms with van der Waals surface area (Å²) in [5.41, 5.74) is 0.204. The summed E-state index contributed by atoms with van der Waals surface area (Å²) in [5.74, 6) is -1.27. The summed E-state index contributed by atoms with van der Waals surface area (Å²) >= 11 is 0. The highest BCUT2D eigenvalue weighted by Gasteiger charge is 2.36. The van der Waals surface area contributed by atoms with Crippen molar-refractivity contribution in [3.8, 4) is 0 Å². The van der Waals surface area contributed by atoms with E-state index >= 15 is 0 Å². The van der Waals surface area contributed by atoms with E-state index in [1.165, 1.54) is 18.2 Å². The zero-order valence-corrected chi connectivity index (χ0v) is 8.86. The lowest BCUT2D eigenvalue weighted by Crippen LogP contribution is -2.37. The maximum Gasteiger partial charge on any atom is 0.181 e. The molecule has 1 aliphatic carbocycles. The molecule has 84 valence electrons. The summed E-state index contributed by atoms with van der Waals surface area (Å²) in [6, 6.07) is 5.90. The van der Waals surface area contributed by atoms with Crippen molar-refractivity contribution in [3.05, 3.63) is 35.4 Å². The van der Waals surface area contributed by atoms with E-state index in [0.717, 1.165) is 0 Å². The van der Waals surface area contributed by atoms with Gasteiger partial charge in [0.05, 0.1) is 0 Å². The van der Waals surface area contributed by atoms with Gasteiger partial charge in [0.1, 0.15) is 15.4 Å². The molecule has 1 aromatic carbocycles. The fraction of sp³-hybridized carbons (Fsp3) is 0.200. The van der Waals surface area contributed by atoms with E-state index in [4.69, 9.17) is 0 Å². The highest BCUT2D eigenvalue weighted by molar-refractivity contribution is 7.87. The summed E-state index contributed by atoms with van der Waals surface area (Å²) in [6.45, 7) is 0. The highest BCUT2D eigenvalue weighted by atomic mass is 32.2. The van der Waals surface area contributed by atoms with Crippen LogP contribution in [-0.2, 0) is 10.1 Å². The van der Waals surface area contributed by atoms with E-state index < -0.39 is 33.4 Å². The van der Waals surface area contributed by atoms with Crippen LogP contribution in [-0.4, -0.2) is 29.8 Å². The third kappa shape index (κ3) is 1.66. The largest absolute Gasteiger partial charge is 0.747 e. The van der Waals surface area contributed by atoms with E-state index in [-0.39, 0.29) is 11.1 Å². The van der Waals surface area contributed by atoms with Crippen molar-refractivity contribution in [3.63, 3.8) is 0 Å². The fourth-order valence-corrected chi connectivity index (χ4v) is 2.46. The van der Waals surface area contributed by atoms with Gasteiger partial charge < -0.3 is 4.55 Å². The van der Waals surface area contributed by atoms with Gasteiger partial charge in [-0.2, -0.15) is 0 Å². The molecule has 0 aliphatic heterocycles. The molecular weight excluding hydrogens is 232 g/mol. The SMILES string of the molecule is O=C1CC(S(=O)(=O)[O-])C(=O)c2ccccc21. The Morgan fingerprint density at radius 2 is 1.69 bits per heavy atom. The average Bonchev–Trinajstić information content (AvgIpc) is 2.22. The Hall–Kier alpha value is -1.53. The molecule has 1 aromatic rings. The molecule has 2 rings (SSSR count). The fourth-order valence-electron chi connectivity index (χ4n) is 1.72. The lowest BCUT2D eigenvalue weighted by molar-refractivity contribution is 0.0890. The lowest BCUT2D eigenvalue weighted by Gasteiger charge is -2.24. The van der Waals surface area contributed by atoms with Crippen molar-refractivity contribution in [1.82, 2.24) is 0 Å². The van der Waals surface area contributed by atoms with Crippen LogP contribution in [0.2, 0.25) is 0 Å². The molecule has 0 radical (unpaired) electrons. The predicted octanol–water partition coefficient (Wildman–Crippen LogP) is 0.369. The second-order valence-corrected chi connectivity index (χ2v) is 5.07. The van der Waals surface area contributed by atoms with Gasteiger partial charge in [0.25, 0.3) is 0 Å². The van der Waals surface area contributed by atoms with Crippen molar-refractivity contribution in [1.29, 1.82) is 0 Å². The number of hydrogen-bond acceptors (Lipinski definition) is 5. The molecule has 0 amide bonds. The Balaban J connectivity index is 2.59. The number of hydrogen-bond donors (Lipinski definition) is 0. The van der Waals surface area contributed by atoms with Gasteiger partial charge in [-0.15, -0.1) is 0 Å². The number of benzene rings is 1. The molecule has 0 aromatic heterocycles. The number of carbonyl (C=O) groups excluding carboxylic acids is 2. The minimum atomic E-state index is -4.77. The van der Waals surface area contributed by atoms with Gasteiger partial charge in [-0.25, -0.2) is 8.42 Å². The highest BCUT2D eigenvalue weighted by Crippen LogP contribution is 2.24. The summed E-state index contributed by atoms with van der Waals surface area (Å²) in [7, 11) is -4.77. The van der Waals surface area contributed by atoms with Crippen LogP contribution >= 0.6 is 0 Å². The monoisotopic (exact) mass is 239 g/mol. The van der Waals surface area contributed by atoms with Gasteiger partial charge in [0.2, 0.25) is 0 Å². The van der Waals surface area contributed by atoms with Crippen molar-refractivity contribution in [2.45, 2.75) is 11.7 Å². The molecule has 16 heavy (non-hydrogen) atoms. The molecule has 0 spiro atoms. The van der Waals surface area contributed by atoms with Gasteiger partial charge in [0.15, 0.2) is 11.6 Å². The summed E-state index contributed by atoms with van der Waals surface area (Å²) < 4.78 is 32.5. The molecule has 1 atom stereocenters. The molecule has 1 aliphatic rings. The second-order valence-electron chi connectivity index (χ2n) is 3.52. The lowest BCUT2D eigenvalue weighted by atomic mass is 9.89. The Kier molecular flexibility index (Phi) is 2.40. The van der Waals surface area contributed by atoms with E-state index in [2.05, 4.69) is 0 Å². The van der Waals surface area contributed by atoms with Crippen LogP contribution in [0.25, 0.3) is 0 Å². The van der Waals surface area contributed by atoms with Gasteiger partial charge in [-0.1, -0.05) is 24.3 Å². The average molecular weight is 239 g/mol. The first-order valence-corrected chi connectivity index (χ1v) is 5.99. The molecule has 0 saturated carbocycles. The summed E-state index contributed by atoms with van der Waals surface area (Å²) in [6.07, 6.45) is -0.554. The van der Waals surface area contributed by atoms with Crippen molar-refractivity contribution >= 4 is 21.7 Å². The number of Topliss-reactive ketones (excluding diaryl/α,β-unsaturated/α-hetero) is 2. The Morgan fingerprint density at radius 3 is 2.25 bits per heavy atom. The number of fused-ring (bicyclic) bond motifs is 1. The van der Waals surface area contributed by atoms with E-state index in [1.807, 2.05) is 0 Å². The molecule has 0 bridgehead atoms. The van der Waals surface area contributed by atoms with Gasteiger partial charge in [-0.3, -0.25) is 9.59 Å². The molecule has 0 fully saturated rings. The van der Waals surface area contributed by atoms with Crippen LogP contribution in [0, 0.1) is 0 Å². The van der Waals surface area contributed by atoms with Crippen molar-refractivity contribution < 1.29 is 22.6 Å².